The molecule has 0 saturated heterocycles. The highest BCUT2D eigenvalue weighted by Crippen LogP contribution is 2.21. The van der Waals surface area contributed by atoms with Crippen molar-refractivity contribution in [2.45, 2.75) is 12.8 Å². The number of hydrogen-bond donors (Lipinski definition) is 0. The molecule has 0 radical (unpaired) electrons. The standard InChI is InChI=1S/C9H8ClN/c1-3-7(2)8-4-5-11-6-9(8)10/h1,4-7H,2H3. The first-order valence-corrected chi connectivity index (χ1v) is 3.69. The quantitative estimate of drug-likeness (QED) is 0.583. The summed E-state index contributed by atoms with van der Waals surface area (Å²) in [6.07, 6.45) is 8.54. The molecule has 1 aromatic heterocycles. The highest BCUT2D eigenvalue weighted by Gasteiger charge is 2.04. The van der Waals surface area contributed by atoms with Gasteiger partial charge in [0.1, 0.15) is 0 Å². The fraction of sp³-hybridized carbons (Fsp3) is 0.222. The molecule has 1 nitrogen and oxygen atoms in total. The smallest absolute Gasteiger partial charge is 0.0633 e. The Morgan fingerprint density at radius 2 is 2.45 bits per heavy atom. The average molecular weight is 166 g/mol. The molecular formula is C9H8ClN. The summed E-state index contributed by atoms with van der Waals surface area (Å²) < 4.78 is 0. The van der Waals surface area contributed by atoms with Gasteiger partial charge in [-0.05, 0) is 18.6 Å². The van der Waals surface area contributed by atoms with E-state index in [1.807, 2.05) is 13.0 Å². The van der Waals surface area contributed by atoms with Crippen molar-refractivity contribution in [2.24, 2.45) is 0 Å². The van der Waals surface area contributed by atoms with Crippen molar-refractivity contribution in [3.8, 4) is 12.3 Å². The summed E-state index contributed by atoms with van der Waals surface area (Å²) in [6.45, 7) is 1.93. The molecule has 0 amide bonds. The van der Waals surface area contributed by atoms with Crippen molar-refractivity contribution < 1.29 is 0 Å². The molecule has 0 bridgehead atoms. The maximum Gasteiger partial charge on any atom is 0.0633 e. The molecule has 11 heavy (non-hydrogen) atoms. The van der Waals surface area contributed by atoms with Crippen molar-refractivity contribution in [2.75, 3.05) is 0 Å². The van der Waals surface area contributed by atoms with Gasteiger partial charge in [0.25, 0.3) is 0 Å². The molecular weight excluding hydrogens is 158 g/mol. The summed E-state index contributed by atoms with van der Waals surface area (Å²) in [6, 6.07) is 1.84. The predicted octanol–water partition coefficient (Wildman–Crippen LogP) is 2.47. The molecule has 1 rings (SSSR count). The van der Waals surface area contributed by atoms with E-state index in [4.69, 9.17) is 18.0 Å². The Hall–Kier alpha value is -1.00. The Labute approximate surface area is 71.4 Å². The highest BCUT2D eigenvalue weighted by atomic mass is 35.5. The third-order valence-corrected chi connectivity index (χ3v) is 1.84. The van der Waals surface area contributed by atoms with Gasteiger partial charge in [0.05, 0.1) is 5.02 Å². The molecule has 1 aromatic rings. The molecule has 0 spiro atoms. The second-order valence-corrected chi connectivity index (χ2v) is 2.69. The Bertz CT molecular complexity index is 288. The van der Waals surface area contributed by atoms with Gasteiger partial charge in [0.2, 0.25) is 0 Å². The average Bonchev–Trinajstić information content (AvgIpc) is 2.04. The van der Waals surface area contributed by atoms with Crippen LogP contribution in [0.25, 0.3) is 0 Å². The van der Waals surface area contributed by atoms with Gasteiger partial charge in [-0.1, -0.05) is 17.5 Å². The monoisotopic (exact) mass is 165 g/mol. The van der Waals surface area contributed by atoms with Crippen LogP contribution < -0.4 is 0 Å². The van der Waals surface area contributed by atoms with E-state index in [1.54, 1.807) is 12.4 Å². The predicted molar refractivity (Wildman–Crippen MR) is 46.5 cm³/mol. The number of terminal acetylenes is 1. The Balaban J connectivity index is 3.05. The zero-order valence-electron chi connectivity index (χ0n) is 6.21. The molecule has 2 heteroatoms. The van der Waals surface area contributed by atoms with E-state index in [-0.39, 0.29) is 5.92 Å². The van der Waals surface area contributed by atoms with E-state index in [9.17, 15) is 0 Å². The van der Waals surface area contributed by atoms with Crippen LogP contribution in [0.1, 0.15) is 18.4 Å². The molecule has 0 aliphatic rings. The van der Waals surface area contributed by atoms with Crippen LogP contribution in [0.2, 0.25) is 5.02 Å². The van der Waals surface area contributed by atoms with Crippen molar-refractivity contribution in [3.63, 3.8) is 0 Å². The lowest BCUT2D eigenvalue weighted by Gasteiger charge is -2.04. The number of rotatable bonds is 1. The van der Waals surface area contributed by atoms with Gasteiger partial charge in [0, 0.05) is 18.3 Å². The second kappa shape index (κ2) is 3.41. The maximum absolute atomic E-state index is 5.84. The minimum absolute atomic E-state index is 0.0606. The van der Waals surface area contributed by atoms with E-state index >= 15 is 0 Å². The van der Waals surface area contributed by atoms with E-state index in [0.29, 0.717) is 5.02 Å². The maximum atomic E-state index is 5.84. The first-order chi connectivity index (χ1) is 5.25. The topological polar surface area (TPSA) is 12.9 Å². The molecule has 0 N–H and O–H groups in total. The largest absolute Gasteiger partial charge is 0.263 e. The van der Waals surface area contributed by atoms with Crippen LogP contribution in [0.15, 0.2) is 18.5 Å². The molecule has 0 aromatic carbocycles. The number of aromatic nitrogens is 1. The van der Waals surface area contributed by atoms with E-state index in [2.05, 4.69) is 10.9 Å². The zero-order valence-corrected chi connectivity index (χ0v) is 6.97. The molecule has 1 unspecified atom stereocenters. The van der Waals surface area contributed by atoms with Gasteiger partial charge in [0.15, 0.2) is 0 Å². The summed E-state index contributed by atoms with van der Waals surface area (Å²) in [4.78, 5) is 3.86. The van der Waals surface area contributed by atoms with Gasteiger partial charge in [-0.2, -0.15) is 0 Å². The number of hydrogen-bond acceptors (Lipinski definition) is 1. The molecule has 1 heterocycles. The van der Waals surface area contributed by atoms with Crippen LogP contribution in [0.5, 0.6) is 0 Å². The van der Waals surface area contributed by atoms with Crippen LogP contribution in [0, 0.1) is 12.3 Å². The number of nitrogens with zero attached hydrogens (tertiary/aromatic N) is 1. The van der Waals surface area contributed by atoms with Crippen LogP contribution in [-0.2, 0) is 0 Å². The lowest BCUT2D eigenvalue weighted by Crippen LogP contribution is -1.90. The molecule has 0 fully saturated rings. The minimum atomic E-state index is 0.0606. The molecule has 56 valence electrons. The highest BCUT2D eigenvalue weighted by molar-refractivity contribution is 6.31. The molecule has 0 aliphatic carbocycles. The van der Waals surface area contributed by atoms with E-state index in [0.717, 1.165) is 5.56 Å². The third kappa shape index (κ3) is 1.72. The fourth-order valence-corrected chi connectivity index (χ4v) is 1.11. The van der Waals surface area contributed by atoms with Crippen molar-refractivity contribution in [1.82, 2.24) is 4.98 Å². The van der Waals surface area contributed by atoms with Gasteiger partial charge in [-0.25, -0.2) is 0 Å². The van der Waals surface area contributed by atoms with Crippen molar-refractivity contribution >= 4 is 11.6 Å². The summed E-state index contributed by atoms with van der Waals surface area (Å²) in [5, 5.41) is 0.637. The summed E-state index contributed by atoms with van der Waals surface area (Å²) >= 11 is 5.84. The summed E-state index contributed by atoms with van der Waals surface area (Å²) in [7, 11) is 0. The van der Waals surface area contributed by atoms with Gasteiger partial charge in [-0.3, -0.25) is 4.98 Å². The fourth-order valence-electron chi connectivity index (χ4n) is 0.827. The minimum Gasteiger partial charge on any atom is -0.263 e. The lowest BCUT2D eigenvalue weighted by atomic mass is 10.0. The van der Waals surface area contributed by atoms with Gasteiger partial charge in [-0.15, -0.1) is 6.42 Å². The van der Waals surface area contributed by atoms with E-state index in [1.165, 1.54) is 0 Å². The zero-order chi connectivity index (χ0) is 8.27. The summed E-state index contributed by atoms with van der Waals surface area (Å²) in [5.74, 6) is 2.67. The van der Waals surface area contributed by atoms with Crippen LogP contribution in [-0.4, -0.2) is 4.98 Å². The van der Waals surface area contributed by atoms with Crippen LogP contribution in [0.3, 0.4) is 0 Å². The lowest BCUT2D eigenvalue weighted by molar-refractivity contribution is 0.997. The van der Waals surface area contributed by atoms with Gasteiger partial charge < -0.3 is 0 Å². The second-order valence-electron chi connectivity index (χ2n) is 2.29. The van der Waals surface area contributed by atoms with Crippen molar-refractivity contribution in [1.29, 1.82) is 0 Å². The Kier molecular flexibility index (Phi) is 2.51. The Morgan fingerprint density at radius 1 is 1.73 bits per heavy atom. The third-order valence-electron chi connectivity index (χ3n) is 1.52. The normalized spacial score (nSPS) is 12.1. The van der Waals surface area contributed by atoms with Crippen molar-refractivity contribution in [3.05, 3.63) is 29.0 Å². The van der Waals surface area contributed by atoms with Gasteiger partial charge >= 0.3 is 0 Å². The SMILES string of the molecule is C#CC(C)c1ccncc1Cl. The summed E-state index contributed by atoms with van der Waals surface area (Å²) in [5.41, 5.74) is 0.962. The first kappa shape index (κ1) is 8.10. The number of halogens is 1. The van der Waals surface area contributed by atoms with E-state index < -0.39 is 0 Å². The Morgan fingerprint density at radius 3 is 3.00 bits per heavy atom. The first-order valence-electron chi connectivity index (χ1n) is 3.31. The molecule has 0 saturated carbocycles. The number of pyridine rings is 1. The van der Waals surface area contributed by atoms with Crippen LogP contribution in [0.4, 0.5) is 0 Å². The molecule has 0 aliphatic heterocycles. The molecule has 1 atom stereocenters. The van der Waals surface area contributed by atoms with Crippen LogP contribution >= 0.6 is 11.6 Å².